The largest absolute Gasteiger partial charge is 0.497 e. The zero-order valence-corrected chi connectivity index (χ0v) is 13.1. The molecule has 2 aromatic rings. The van der Waals surface area contributed by atoms with Gasteiger partial charge in [0.05, 0.1) is 18.8 Å². The number of nitrogens with zero attached hydrogens (tertiary/aromatic N) is 1. The minimum absolute atomic E-state index is 0.194. The summed E-state index contributed by atoms with van der Waals surface area (Å²) in [5, 5.41) is 0.999. The van der Waals surface area contributed by atoms with Crippen LogP contribution in [0.5, 0.6) is 5.75 Å². The molecule has 1 aliphatic carbocycles. The predicted molar refractivity (Wildman–Crippen MR) is 80.9 cm³/mol. The van der Waals surface area contributed by atoms with Crippen LogP contribution in [0.25, 0.3) is 0 Å². The Bertz CT molecular complexity index is 590. The standard InChI is InChI=1S/C14H15BrN2OS/c1-18-8-5-6-10(15)9(7-8)13(16)14-17-11-3-2-4-12(11)19-14/h5-7,13H,2-4,16H2,1H3. The second-order valence-corrected chi connectivity index (χ2v) is 6.61. The van der Waals surface area contributed by atoms with Crippen LogP contribution in [0.2, 0.25) is 0 Å². The summed E-state index contributed by atoms with van der Waals surface area (Å²) in [7, 11) is 1.66. The number of hydrogen-bond acceptors (Lipinski definition) is 4. The predicted octanol–water partition coefficient (Wildman–Crippen LogP) is 3.45. The summed E-state index contributed by atoms with van der Waals surface area (Å²) in [6, 6.07) is 5.67. The lowest BCUT2D eigenvalue weighted by Gasteiger charge is -2.13. The van der Waals surface area contributed by atoms with Gasteiger partial charge >= 0.3 is 0 Å². The third-order valence-corrected chi connectivity index (χ3v) is 5.38. The van der Waals surface area contributed by atoms with E-state index in [1.54, 1.807) is 18.4 Å². The third-order valence-electron chi connectivity index (χ3n) is 3.42. The van der Waals surface area contributed by atoms with E-state index in [9.17, 15) is 0 Å². The van der Waals surface area contributed by atoms with E-state index in [1.165, 1.54) is 17.0 Å². The van der Waals surface area contributed by atoms with E-state index in [4.69, 9.17) is 15.5 Å². The first-order valence-corrected chi connectivity index (χ1v) is 7.87. The molecule has 3 rings (SSSR count). The number of halogens is 1. The number of ether oxygens (including phenoxy) is 1. The van der Waals surface area contributed by atoms with E-state index < -0.39 is 0 Å². The van der Waals surface area contributed by atoms with Crippen LogP contribution >= 0.6 is 27.3 Å². The van der Waals surface area contributed by atoms with Gasteiger partial charge in [-0.3, -0.25) is 0 Å². The fourth-order valence-electron chi connectivity index (χ4n) is 2.36. The molecule has 0 bridgehead atoms. The lowest BCUT2D eigenvalue weighted by Crippen LogP contribution is -2.12. The monoisotopic (exact) mass is 338 g/mol. The molecule has 0 saturated heterocycles. The van der Waals surface area contributed by atoms with Gasteiger partial charge in [-0.1, -0.05) is 15.9 Å². The first kappa shape index (κ1) is 13.1. The van der Waals surface area contributed by atoms with Crippen molar-refractivity contribution in [2.45, 2.75) is 25.3 Å². The molecule has 0 fully saturated rings. The number of nitrogens with two attached hydrogens (primary N) is 1. The quantitative estimate of drug-likeness (QED) is 0.932. The molecule has 0 spiro atoms. The fraction of sp³-hybridized carbons (Fsp3) is 0.357. The molecule has 3 nitrogen and oxygen atoms in total. The Morgan fingerprint density at radius 3 is 3.00 bits per heavy atom. The van der Waals surface area contributed by atoms with E-state index in [0.29, 0.717) is 0 Å². The van der Waals surface area contributed by atoms with Gasteiger partial charge in [-0.2, -0.15) is 0 Å². The molecular weight excluding hydrogens is 324 g/mol. The van der Waals surface area contributed by atoms with E-state index in [-0.39, 0.29) is 6.04 Å². The summed E-state index contributed by atoms with van der Waals surface area (Å²) in [6.45, 7) is 0. The number of methoxy groups -OCH3 is 1. The Balaban J connectivity index is 1.96. The Morgan fingerprint density at radius 1 is 1.42 bits per heavy atom. The van der Waals surface area contributed by atoms with Crippen molar-refractivity contribution in [3.8, 4) is 5.75 Å². The zero-order chi connectivity index (χ0) is 13.4. The molecule has 1 aromatic carbocycles. The summed E-state index contributed by atoms with van der Waals surface area (Å²) >= 11 is 5.30. The van der Waals surface area contributed by atoms with Crippen LogP contribution in [-0.4, -0.2) is 12.1 Å². The second-order valence-electron chi connectivity index (χ2n) is 4.64. The van der Waals surface area contributed by atoms with Gasteiger partial charge in [0.25, 0.3) is 0 Å². The fourth-order valence-corrected chi connectivity index (χ4v) is 4.03. The van der Waals surface area contributed by atoms with Gasteiger partial charge in [0.2, 0.25) is 0 Å². The normalized spacial score (nSPS) is 15.3. The number of aryl methyl sites for hydroxylation is 2. The number of benzene rings is 1. The molecule has 0 aliphatic heterocycles. The molecule has 0 amide bonds. The molecule has 1 unspecified atom stereocenters. The maximum Gasteiger partial charge on any atom is 0.119 e. The van der Waals surface area contributed by atoms with Crippen LogP contribution in [0.4, 0.5) is 0 Å². The van der Waals surface area contributed by atoms with Crippen LogP contribution in [0.1, 0.15) is 33.6 Å². The first-order chi connectivity index (χ1) is 9.19. The highest BCUT2D eigenvalue weighted by Crippen LogP contribution is 2.35. The summed E-state index contributed by atoms with van der Waals surface area (Å²) in [6.07, 6.45) is 3.48. The van der Waals surface area contributed by atoms with Gasteiger partial charge < -0.3 is 10.5 Å². The lowest BCUT2D eigenvalue weighted by atomic mass is 10.1. The molecule has 1 heterocycles. The molecule has 0 saturated carbocycles. The number of aromatic nitrogens is 1. The van der Waals surface area contributed by atoms with Crippen LogP contribution in [-0.2, 0) is 12.8 Å². The molecule has 1 aromatic heterocycles. The average Bonchev–Trinajstić information content (AvgIpc) is 2.99. The summed E-state index contributed by atoms with van der Waals surface area (Å²) in [5.41, 5.74) is 8.63. The highest BCUT2D eigenvalue weighted by atomic mass is 79.9. The molecule has 1 atom stereocenters. The van der Waals surface area contributed by atoms with Gasteiger partial charge in [-0.25, -0.2) is 4.98 Å². The Morgan fingerprint density at radius 2 is 2.26 bits per heavy atom. The molecule has 5 heteroatoms. The highest BCUT2D eigenvalue weighted by molar-refractivity contribution is 9.10. The maximum absolute atomic E-state index is 6.36. The van der Waals surface area contributed by atoms with Crippen molar-refractivity contribution >= 4 is 27.3 Å². The molecule has 2 N–H and O–H groups in total. The van der Waals surface area contributed by atoms with Gasteiger partial charge in [-0.15, -0.1) is 11.3 Å². The SMILES string of the molecule is COc1ccc(Br)c(C(N)c2nc3c(s2)CCC3)c1. The van der Waals surface area contributed by atoms with Gasteiger partial charge in [0.15, 0.2) is 0 Å². The van der Waals surface area contributed by atoms with Crippen molar-refractivity contribution in [2.24, 2.45) is 5.73 Å². The molecular formula is C14H15BrN2OS. The summed E-state index contributed by atoms with van der Waals surface area (Å²) < 4.78 is 6.26. The van der Waals surface area contributed by atoms with Crippen LogP contribution in [0, 0.1) is 0 Å². The Kier molecular flexibility index (Phi) is 3.60. The van der Waals surface area contributed by atoms with Crippen LogP contribution in [0.15, 0.2) is 22.7 Å². The van der Waals surface area contributed by atoms with Crippen molar-refractivity contribution in [3.05, 3.63) is 43.8 Å². The maximum atomic E-state index is 6.36. The van der Waals surface area contributed by atoms with Crippen molar-refractivity contribution in [2.75, 3.05) is 7.11 Å². The third kappa shape index (κ3) is 2.42. The van der Waals surface area contributed by atoms with Crippen molar-refractivity contribution in [1.29, 1.82) is 0 Å². The van der Waals surface area contributed by atoms with Crippen molar-refractivity contribution in [1.82, 2.24) is 4.98 Å². The van der Waals surface area contributed by atoms with Gasteiger partial charge in [0.1, 0.15) is 10.8 Å². The number of rotatable bonds is 3. The van der Waals surface area contributed by atoms with E-state index in [0.717, 1.165) is 33.6 Å². The summed E-state index contributed by atoms with van der Waals surface area (Å²) in [4.78, 5) is 6.10. The minimum atomic E-state index is -0.194. The van der Waals surface area contributed by atoms with Crippen LogP contribution < -0.4 is 10.5 Å². The molecule has 0 radical (unpaired) electrons. The number of hydrogen-bond donors (Lipinski definition) is 1. The smallest absolute Gasteiger partial charge is 0.119 e. The summed E-state index contributed by atoms with van der Waals surface area (Å²) in [5.74, 6) is 0.817. The van der Waals surface area contributed by atoms with E-state index in [1.807, 2.05) is 18.2 Å². The highest BCUT2D eigenvalue weighted by Gasteiger charge is 2.22. The van der Waals surface area contributed by atoms with E-state index >= 15 is 0 Å². The molecule has 1 aliphatic rings. The Labute approximate surface area is 124 Å². The number of thiazole rings is 1. The molecule has 100 valence electrons. The Hall–Kier alpha value is -0.910. The van der Waals surface area contributed by atoms with Crippen LogP contribution in [0.3, 0.4) is 0 Å². The number of fused-ring (bicyclic) bond motifs is 1. The molecule has 19 heavy (non-hydrogen) atoms. The van der Waals surface area contributed by atoms with Gasteiger partial charge in [0, 0.05) is 9.35 Å². The van der Waals surface area contributed by atoms with Gasteiger partial charge in [-0.05, 0) is 43.0 Å². The zero-order valence-electron chi connectivity index (χ0n) is 10.6. The van der Waals surface area contributed by atoms with Crippen molar-refractivity contribution in [3.63, 3.8) is 0 Å². The van der Waals surface area contributed by atoms with E-state index in [2.05, 4.69) is 15.9 Å². The first-order valence-electron chi connectivity index (χ1n) is 6.26. The second kappa shape index (κ2) is 5.23. The topological polar surface area (TPSA) is 48.1 Å². The lowest BCUT2D eigenvalue weighted by molar-refractivity contribution is 0.414. The van der Waals surface area contributed by atoms with Crippen molar-refractivity contribution < 1.29 is 4.74 Å². The average molecular weight is 339 g/mol. The minimum Gasteiger partial charge on any atom is -0.497 e.